The van der Waals surface area contributed by atoms with E-state index in [1.807, 2.05) is 96.8 Å². The van der Waals surface area contributed by atoms with Gasteiger partial charge in [0.2, 0.25) is 11.8 Å². The first-order valence-corrected chi connectivity index (χ1v) is 11.5. The summed E-state index contributed by atoms with van der Waals surface area (Å²) in [6.45, 7) is 2.01. The van der Waals surface area contributed by atoms with Gasteiger partial charge in [-0.3, -0.25) is 4.79 Å². The van der Waals surface area contributed by atoms with Crippen LogP contribution in [0.1, 0.15) is 6.04 Å². The molecule has 0 atom stereocenters. The Morgan fingerprint density at radius 2 is 1.66 bits per heavy atom. The minimum absolute atomic E-state index is 0.0325. The van der Waals surface area contributed by atoms with Crippen molar-refractivity contribution in [1.29, 1.82) is 0 Å². The maximum Gasteiger partial charge on any atom is 0.247 e. The molecule has 0 saturated carbocycles. The van der Waals surface area contributed by atoms with E-state index < -0.39 is 0 Å². The molecule has 1 saturated heterocycles. The van der Waals surface area contributed by atoms with E-state index in [-0.39, 0.29) is 11.9 Å². The van der Waals surface area contributed by atoms with Crippen LogP contribution in [0.4, 0.5) is 0 Å². The molecule has 0 spiro atoms. The van der Waals surface area contributed by atoms with Crippen LogP contribution >= 0.6 is 0 Å². The minimum atomic E-state index is 0.0325. The summed E-state index contributed by atoms with van der Waals surface area (Å²) in [5.41, 5.74) is 1.62. The number of para-hydroxylation sites is 1. The highest BCUT2D eigenvalue weighted by Crippen LogP contribution is 2.33. The zero-order valence-corrected chi connectivity index (χ0v) is 19.7. The highest BCUT2D eigenvalue weighted by atomic mass is 16.5. The van der Waals surface area contributed by atoms with Crippen molar-refractivity contribution in [3.63, 3.8) is 0 Å². The quantitative estimate of drug-likeness (QED) is 0.354. The highest BCUT2D eigenvalue weighted by molar-refractivity contribution is 5.88. The number of benzene rings is 2. The first-order chi connectivity index (χ1) is 17.1. The predicted octanol–water partition coefficient (Wildman–Crippen LogP) is 4.52. The maximum atomic E-state index is 12.4. The summed E-state index contributed by atoms with van der Waals surface area (Å²) in [5, 5.41) is 0. The average Bonchev–Trinajstić information content (AvgIpc) is 3.25. The molecule has 0 aliphatic carbocycles. The number of carbonyl (C=O) groups excluding carboxylic acids is 1. The fraction of sp³-hybridized carbons (Fsp3) is 0.222. The minimum Gasteiger partial charge on any atom is -0.457 e. The second kappa shape index (κ2) is 9.99. The third-order valence-electron chi connectivity index (χ3n) is 5.78. The predicted molar refractivity (Wildman–Crippen MR) is 134 cm³/mol. The lowest BCUT2D eigenvalue weighted by Crippen LogP contribution is -2.50. The molecular formula is C27H27N5O3. The van der Waals surface area contributed by atoms with Gasteiger partial charge in [-0.2, -0.15) is 4.98 Å². The number of likely N-dealkylation sites (N-methyl/N-ethyl adjacent to an activating group) is 1. The Morgan fingerprint density at radius 1 is 0.971 bits per heavy atom. The van der Waals surface area contributed by atoms with Gasteiger partial charge in [0.25, 0.3) is 0 Å². The SMILES string of the molecule is CN(C)CC=CC(=O)N1CC(n2ccc3ncnc(Oc4ccc(Oc5ccccc5)cc4)c32)C1. The van der Waals surface area contributed by atoms with Gasteiger partial charge in [0, 0.05) is 31.9 Å². The number of rotatable bonds is 8. The molecule has 1 aliphatic rings. The summed E-state index contributed by atoms with van der Waals surface area (Å²) >= 11 is 0. The Balaban J connectivity index is 1.28. The average molecular weight is 470 g/mol. The van der Waals surface area contributed by atoms with Crippen molar-refractivity contribution in [2.75, 3.05) is 33.7 Å². The first kappa shape index (κ1) is 22.6. The van der Waals surface area contributed by atoms with E-state index in [1.165, 1.54) is 6.33 Å². The van der Waals surface area contributed by atoms with Crippen LogP contribution in [-0.2, 0) is 4.79 Å². The molecular weight excluding hydrogens is 442 g/mol. The number of ether oxygens (including phenoxy) is 2. The van der Waals surface area contributed by atoms with Crippen LogP contribution in [0.25, 0.3) is 11.0 Å². The lowest BCUT2D eigenvalue weighted by molar-refractivity contribution is -0.131. The van der Waals surface area contributed by atoms with Crippen LogP contribution in [0.5, 0.6) is 23.1 Å². The Morgan fingerprint density at radius 3 is 2.37 bits per heavy atom. The van der Waals surface area contributed by atoms with Crippen molar-refractivity contribution in [1.82, 2.24) is 24.3 Å². The molecule has 5 rings (SSSR count). The summed E-state index contributed by atoms with van der Waals surface area (Å²) in [4.78, 5) is 25.0. The third-order valence-corrected chi connectivity index (χ3v) is 5.78. The van der Waals surface area contributed by atoms with Gasteiger partial charge in [-0.25, -0.2) is 4.98 Å². The van der Waals surface area contributed by atoms with E-state index >= 15 is 0 Å². The molecule has 3 heterocycles. The van der Waals surface area contributed by atoms with E-state index in [0.717, 1.165) is 29.1 Å². The standard InChI is InChI=1S/C27H27N5O3/c1-30(2)15-6-9-25(33)31-17-20(18-31)32-16-14-24-26(32)27(29-19-28-24)35-23-12-10-22(11-13-23)34-21-7-4-3-5-8-21/h3-14,16,19-20H,15,17-18H2,1-2H3. The van der Waals surface area contributed by atoms with Gasteiger partial charge in [0.15, 0.2) is 0 Å². The van der Waals surface area contributed by atoms with Gasteiger partial charge in [-0.1, -0.05) is 24.3 Å². The maximum absolute atomic E-state index is 12.4. The number of aromatic nitrogens is 3. The second-order valence-corrected chi connectivity index (χ2v) is 8.69. The Kier molecular flexibility index (Phi) is 6.45. The smallest absolute Gasteiger partial charge is 0.247 e. The zero-order valence-electron chi connectivity index (χ0n) is 19.7. The lowest BCUT2D eigenvalue weighted by atomic mass is 10.1. The van der Waals surface area contributed by atoms with Gasteiger partial charge < -0.3 is 23.8 Å². The molecule has 0 N–H and O–H groups in total. The van der Waals surface area contributed by atoms with Crippen LogP contribution in [-0.4, -0.2) is 64.0 Å². The summed E-state index contributed by atoms with van der Waals surface area (Å²) in [5.74, 6) is 2.66. The molecule has 2 aromatic carbocycles. The van der Waals surface area contributed by atoms with E-state index in [1.54, 1.807) is 6.08 Å². The number of amides is 1. The van der Waals surface area contributed by atoms with Crippen LogP contribution in [0, 0.1) is 0 Å². The normalized spacial score (nSPS) is 14.0. The van der Waals surface area contributed by atoms with E-state index in [0.29, 0.717) is 24.7 Å². The molecule has 178 valence electrons. The first-order valence-electron chi connectivity index (χ1n) is 11.5. The molecule has 0 bridgehead atoms. The summed E-state index contributed by atoms with van der Waals surface area (Å²) < 4.78 is 14.1. The molecule has 1 aliphatic heterocycles. The zero-order chi connectivity index (χ0) is 24.2. The summed E-state index contributed by atoms with van der Waals surface area (Å²) in [6.07, 6.45) is 7.02. The third kappa shape index (κ3) is 5.17. The molecule has 1 fully saturated rings. The van der Waals surface area contributed by atoms with Gasteiger partial charge in [-0.05, 0) is 56.6 Å². The van der Waals surface area contributed by atoms with Crippen molar-refractivity contribution in [3.8, 4) is 23.1 Å². The molecule has 0 radical (unpaired) electrons. The number of hydrogen-bond acceptors (Lipinski definition) is 6. The van der Waals surface area contributed by atoms with Crippen LogP contribution < -0.4 is 9.47 Å². The monoisotopic (exact) mass is 469 g/mol. The van der Waals surface area contributed by atoms with Gasteiger partial charge in [0.1, 0.15) is 29.1 Å². The van der Waals surface area contributed by atoms with Crippen molar-refractivity contribution < 1.29 is 14.3 Å². The molecule has 8 nitrogen and oxygen atoms in total. The fourth-order valence-corrected chi connectivity index (χ4v) is 3.94. The number of likely N-dealkylation sites (tertiary alicyclic amines) is 1. The number of carbonyl (C=O) groups is 1. The Hall–Kier alpha value is -4.17. The van der Waals surface area contributed by atoms with Gasteiger partial charge in [-0.15, -0.1) is 0 Å². The lowest BCUT2D eigenvalue weighted by Gasteiger charge is -2.39. The topological polar surface area (TPSA) is 72.7 Å². The number of hydrogen-bond donors (Lipinski definition) is 0. The van der Waals surface area contributed by atoms with E-state index in [2.05, 4.69) is 14.5 Å². The summed E-state index contributed by atoms with van der Waals surface area (Å²) in [6, 6.07) is 19.1. The second-order valence-electron chi connectivity index (χ2n) is 8.69. The van der Waals surface area contributed by atoms with E-state index in [4.69, 9.17) is 9.47 Å². The number of nitrogens with zero attached hydrogens (tertiary/aromatic N) is 5. The van der Waals surface area contributed by atoms with Gasteiger partial charge in [0.05, 0.1) is 11.6 Å². The van der Waals surface area contributed by atoms with Crippen molar-refractivity contribution >= 4 is 16.9 Å². The fourth-order valence-electron chi connectivity index (χ4n) is 3.94. The van der Waals surface area contributed by atoms with Crippen LogP contribution in [0.15, 0.2) is 85.3 Å². The highest BCUT2D eigenvalue weighted by Gasteiger charge is 2.32. The molecule has 0 unspecified atom stereocenters. The molecule has 35 heavy (non-hydrogen) atoms. The van der Waals surface area contributed by atoms with Crippen molar-refractivity contribution in [3.05, 3.63) is 85.3 Å². The Bertz CT molecular complexity index is 1330. The van der Waals surface area contributed by atoms with Crippen LogP contribution in [0.3, 0.4) is 0 Å². The van der Waals surface area contributed by atoms with Crippen LogP contribution in [0.2, 0.25) is 0 Å². The van der Waals surface area contributed by atoms with E-state index in [9.17, 15) is 4.79 Å². The molecule has 2 aromatic heterocycles. The Labute approximate surface area is 204 Å². The van der Waals surface area contributed by atoms with Crippen molar-refractivity contribution in [2.45, 2.75) is 6.04 Å². The molecule has 4 aromatic rings. The number of fused-ring (bicyclic) bond motifs is 1. The molecule has 1 amide bonds. The molecule has 8 heteroatoms. The van der Waals surface area contributed by atoms with Crippen molar-refractivity contribution in [2.24, 2.45) is 0 Å². The van der Waals surface area contributed by atoms with Gasteiger partial charge >= 0.3 is 0 Å². The summed E-state index contributed by atoms with van der Waals surface area (Å²) in [7, 11) is 3.94. The largest absolute Gasteiger partial charge is 0.457 e.